The minimum Gasteiger partial charge on any atom is -0.480 e. The van der Waals surface area contributed by atoms with E-state index in [1.807, 2.05) is 6.07 Å². The van der Waals surface area contributed by atoms with Crippen LogP contribution in [0.2, 0.25) is 0 Å². The number of piperazine rings is 1. The normalized spacial score (nSPS) is 14.7. The zero-order valence-corrected chi connectivity index (χ0v) is 16.8. The molecule has 8 heteroatoms. The molecule has 1 aliphatic heterocycles. The van der Waals surface area contributed by atoms with E-state index in [9.17, 15) is 0 Å². The van der Waals surface area contributed by atoms with Gasteiger partial charge in [0.1, 0.15) is 18.2 Å². The van der Waals surface area contributed by atoms with Crippen LogP contribution in [0.5, 0.6) is 5.88 Å². The molecular weight excluding hydrogens is 366 g/mol. The number of ether oxygens (including phenoxy) is 1. The van der Waals surface area contributed by atoms with E-state index in [0.717, 1.165) is 59.6 Å². The van der Waals surface area contributed by atoms with Gasteiger partial charge in [-0.15, -0.1) is 0 Å². The summed E-state index contributed by atoms with van der Waals surface area (Å²) in [5.41, 5.74) is 5.34. The summed E-state index contributed by atoms with van der Waals surface area (Å²) in [7, 11) is 3.71. The molecule has 0 bridgehead atoms. The van der Waals surface area contributed by atoms with Gasteiger partial charge >= 0.3 is 0 Å². The van der Waals surface area contributed by atoms with Gasteiger partial charge in [-0.05, 0) is 31.2 Å². The average Bonchev–Trinajstić information content (AvgIpc) is 3.07. The quantitative estimate of drug-likeness (QED) is 0.533. The number of hydrogen-bond donors (Lipinski definition) is 0. The summed E-state index contributed by atoms with van der Waals surface area (Å²) in [6.07, 6.45) is 3.20. The van der Waals surface area contributed by atoms with E-state index in [-0.39, 0.29) is 0 Å². The number of hydrogen-bond acceptors (Lipinski definition) is 7. The van der Waals surface area contributed by atoms with E-state index in [1.54, 1.807) is 13.4 Å². The van der Waals surface area contributed by atoms with Crippen molar-refractivity contribution in [3.63, 3.8) is 0 Å². The van der Waals surface area contributed by atoms with Crippen molar-refractivity contribution in [3.8, 4) is 5.88 Å². The minimum absolute atomic E-state index is 0.609. The molecule has 4 heterocycles. The summed E-state index contributed by atoms with van der Waals surface area (Å²) in [5.74, 6) is 1.62. The summed E-state index contributed by atoms with van der Waals surface area (Å²) < 4.78 is 7.58. The number of benzene rings is 1. The second-order valence-corrected chi connectivity index (χ2v) is 7.33. The number of nitrogens with zero attached hydrogens (tertiary/aromatic N) is 7. The van der Waals surface area contributed by atoms with Crippen molar-refractivity contribution in [3.05, 3.63) is 42.6 Å². The first-order valence-electron chi connectivity index (χ1n) is 9.71. The first-order valence-corrected chi connectivity index (χ1v) is 9.71. The molecule has 0 saturated carbocycles. The van der Waals surface area contributed by atoms with Crippen LogP contribution in [0.1, 0.15) is 5.69 Å². The Hall–Kier alpha value is -3.42. The van der Waals surface area contributed by atoms with Gasteiger partial charge in [0.05, 0.1) is 23.5 Å². The molecule has 4 aromatic rings. The van der Waals surface area contributed by atoms with E-state index in [1.165, 1.54) is 12.0 Å². The Morgan fingerprint density at radius 1 is 0.862 bits per heavy atom. The van der Waals surface area contributed by atoms with Crippen molar-refractivity contribution in [2.75, 3.05) is 43.1 Å². The standard InChI is InChI=1S/C21H23N7O/c1-14-10-18-19(26(14)2)20(24-12-23-18)28-8-6-27(7-9-28)15-4-5-17-16(11-15)21(29-3)25-13-22-17/h4-5,10-13H,6-9H2,1-3H3. The highest BCUT2D eigenvalue weighted by Crippen LogP contribution is 2.29. The van der Waals surface area contributed by atoms with Gasteiger partial charge in [0, 0.05) is 44.6 Å². The monoisotopic (exact) mass is 389 g/mol. The Morgan fingerprint density at radius 3 is 2.38 bits per heavy atom. The fourth-order valence-corrected chi connectivity index (χ4v) is 4.07. The molecule has 0 amide bonds. The largest absolute Gasteiger partial charge is 0.480 e. The second kappa shape index (κ2) is 6.88. The number of rotatable bonds is 3. The Morgan fingerprint density at radius 2 is 1.59 bits per heavy atom. The Kier molecular flexibility index (Phi) is 4.19. The number of fused-ring (bicyclic) bond motifs is 2. The molecule has 0 atom stereocenters. The topological polar surface area (TPSA) is 72.2 Å². The van der Waals surface area contributed by atoms with Gasteiger partial charge in [-0.25, -0.2) is 19.9 Å². The predicted octanol–water partition coefficient (Wildman–Crippen LogP) is 2.56. The predicted molar refractivity (Wildman–Crippen MR) is 114 cm³/mol. The van der Waals surface area contributed by atoms with Gasteiger partial charge in [-0.3, -0.25) is 0 Å². The lowest BCUT2D eigenvalue weighted by Gasteiger charge is -2.37. The van der Waals surface area contributed by atoms with Gasteiger partial charge in [0.25, 0.3) is 0 Å². The molecule has 0 unspecified atom stereocenters. The van der Waals surface area contributed by atoms with Gasteiger partial charge < -0.3 is 19.1 Å². The highest BCUT2D eigenvalue weighted by Gasteiger charge is 2.22. The lowest BCUT2D eigenvalue weighted by atomic mass is 10.2. The number of aryl methyl sites for hydroxylation is 2. The van der Waals surface area contributed by atoms with Crippen molar-refractivity contribution in [1.82, 2.24) is 24.5 Å². The Balaban J connectivity index is 1.41. The summed E-state index contributed by atoms with van der Waals surface area (Å²) in [6.45, 7) is 5.72. The minimum atomic E-state index is 0.609. The highest BCUT2D eigenvalue weighted by molar-refractivity contribution is 5.88. The molecule has 1 saturated heterocycles. The molecule has 0 spiro atoms. The van der Waals surface area contributed by atoms with Crippen LogP contribution in [0, 0.1) is 6.92 Å². The maximum absolute atomic E-state index is 5.40. The molecule has 3 aromatic heterocycles. The van der Waals surface area contributed by atoms with Crippen LogP contribution < -0.4 is 14.5 Å². The number of aromatic nitrogens is 5. The molecule has 29 heavy (non-hydrogen) atoms. The molecule has 5 rings (SSSR count). The third kappa shape index (κ3) is 2.91. The van der Waals surface area contributed by atoms with Crippen molar-refractivity contribution in [2.45, 2.75) is 6.92 Å². The van der Waals surface area contributed by atoms with E-state index < -0.39 is 0 Å². The third-order valence-electron chi connectivity index (χ3n) is 5.76. The fraction of sp³-hybridized carbons (Fsp3) is 0.333. The van der Waals surface area contributed by atoms with Crippen molar-refractivity contribution in [1.29, 1.82) is 0 Å². The zero-order chi connectivity index (χ0) is 20.0. The SMILES string of the molecule is COc1ncnc2ccc(N3CCN(c4ncnc5cc(C)n(C)c45)CC3)cc12. The van der Waals surface area contributed by atoms with Crippen LogP contribution in [0.4, 0.5) is 11.5 Å². The van der Waals surface area contributed by atoms with Crippen LogP contribution in [0.3, 0.4) is 0 Å². The van der Waals surface area contributed by atoms with Crippen LogP contribution in [0.15, 0.2) is 36.9 Å². The molecule has 0 N–H and O–H groups in total. The molecular formula is C21H23N7O. The maximum atomic E-state index is 5.40. The lowest BCUT2D eigenvalue weighted by Crippen LogP contribution is -2.47. The van der Waals surface area contributed by atoms with Crippen LogP contribution in [-0.2, 0) is 7.05 Å². The second-order valence-electron chi connectivity index (χ2n) is 7.33. The molecule has 148 valence electrons. The summed E-state index contributed by atoms with van der Waals surface area (Å²) in [5, 5.41) is 0.937. The fourth-order valence-electron chi connectivity index (χ4n) is 4.07. The molecule has 1 aliphatic rings. The molecule has 1 aromatic carbocycles. The summed E-state index contributed by atoms with van der Waals surface area (Å²) in [6, 6.07) is 8.38. The van der Waals surface area contributed by atoms with Crippen LogP contribution in [-0.4, -0.2) is 57.8 Å². The Labute approximate surface area is 168 Å². The smallest absolute Gasteiger partial charge is 0.224 e. The Bertz CT molecular complexity index is 1190. The van der Waals surface area contributed by atoms with Gasteiger partial charge in [-0.1, -0.05) is 0 Å². The molecule has 8 nitrogen and oxygen atoms in total. The van der Waals surface area contributed by atoms with E-state index in [0.29, 0.717) is 5.88 Å². The first kappa shape index (κ1) is 17.7. The number of methoxy groups -OCH3 is 1. The molecule has 1 fully saturated rings. The van der Waals surface area contributed by atoms with Gasteiger partial charge in [0.2, 0.25) is 5.88 Å². The highest BCUT2D eigenvalue weighted by atomic mass is 16.5. The van der Waals surface area contributed by atoms with Crippen LogP contribution >= 0.6 is 0 Å². The lowest BCUT2D eigenvalue weighted by molar-refractivity contribution is 0.402. The summed E-state index contributed by atoms with van der Waals surface area (Å²) in [4.78, 5) is 22.3. The zero-order valence-electron chi connectivity index (χ0n) is 16.8. The van der Waals surface area contributed by atoms with E-state index in [2.05, 4.69) is 66.5 Å². The third-order valence-corrected chi connectivity index (χ3v) is 5.76. The summed E-state index contributed by atoms with van der Waals surface area (Å²) >= 11 is 0. The van der Waals surface area contributed by atoms with Crippen molar-refractivity contribution < 1.29 is 4.74 Å². The molecule has 0 aliphatic carbocycles. The van der Waals surface area contributed by atoms with Crippen LogP contribution in [0.25, 0.3) is 21.9 Å². The van der Waals surface area contributed by atoms with Crippen molar-refractivity contribution >= 4 is 33.4 Å². The molecule has 0 radical (unpaired) electrons. The van der Waals surface area contributed by atoms with E-state index >= 15 is 0 Å². The van der Waals surface area contributed by atoms with Gasteiger partial charge in [-0.2, -0.15) is 0 Å². The van der Waals surface area contributed by atoms with Crippen molar-refractivity contribution in [2.24, 2.45) is 7.05 Å². The maximum Gasteiger partial charge on any atom is 0.224 e. The number of anilines is 2. The average molecular weight is 389 g/mol. The van der Waals surface area contributed by atoms with E-state index in [4.69, 9.17) is 4.74 Å². The first-order chi connectivity index (χ1) is 14.2. The van der Waals surface area contributed by atoms with Gasteiger partial charge in [0.15, 0.2) is 5.82 Å².